The summed E-state index contributed by atoms with van der Waals surface area (Å²) in [6.07, 6.45) is 1.97. The van der Waals surface area contributed by atoms with Crippen molar-refractivity contribution in [2.45, 2.75) is 19.6 Å². The van der Waals surface area contributed by atoms with Crippen LogP contribution in [0.2, 0.25) is 0 Å². The molecule has 0 saturated carbocycles. The lowest BCUT2D eigenvalue weighted by molar-refractivity contribution is 0.765. The first-order valence-electron chi connectivity index (χ1n) is 4.10. The zero-order valence-electron chi connectivity index (χ0n) is 8.42. The van der Waals surface area contributed by atoms with E-state index in [0.717, 1.165) is 11.4 Å². The van der Waals surface area contributed by atoms with Crippen LogP contribution < -0.4 is 5.56 Å². The van der Waals surface area contributed by atoms with Crippen LogP contribution in [0.15, 0.2) is 4.79 Å². The minimum atomic E-state index is 0.0254. The molecule has 0 aliphatic rings. The van der Waals surface area contributed by atoms with E-state index in [2.05, 4.69) is 4.98 Å². The number of hydrogen-bond donors (Lipinski definition) is 0. The third-order valence-electron chi connectivity index (χ3n) is 2.16. The molecule has 0 saturated heterocycles. The van der Waals surface area contributed by atoms with Gasteiger partial charge in [-0.2, -0.15) is 11.8 Å². The number of hydrogen-bond acceptors (Lipinski definition) is 3. The van der Waals surface area contributed by atoms with Gasteiger partial charge in [-0.15, -0.1) is 0 Å². The summed E-state index contributed by atoms with van der Waals surface area (Å²) in [7, 11) is 1.79. The molecule has 0 aromatic carbocycles. The maximum atomic E-state index is 11.6. The number of aryl methyl sites for hydroxylation is 1. The SMILES string of the molecule is CSCc1nc(C)c(C)n(C)c1=O. The van der Waals surface area contributed by atoms with Gasteiger partial charge >= 0.3 is 0 Å². The molecule has 0 N–H and O–H groups in total. The minimum absolute atomic E-state index is 0.0254. The smallest absolute Gasteiger partial charge is 0.273 e. The Morgan fingerprint density at radius 2 is 2.08 bits per heavy atom. The summed E-state index contributed by atoms with van der Waals surface area (Å²) in [4.78, 5) is 15.9. The molecule has 0 amide bonds. The molecule has 3 nitrogen and oxygen atoms in total. The molecule has 1 rings (SSSR count). The zero-order valence-corrected chi connectivity index (χ0v) is 9.23. The highest BCUT2D eigenvalue weighted by atomic mass is 32.2. The van der Waals surface area contributed by atoms with Crippen LogP contribution in [0.5, 0.6) is 0 Å². The number of nitrogens with zero attached hydrogens (tertiary/aromatic N) is 2. The summed E-state index contributed by atoms with van der Waals surface area (Å²) in [5.41, 5.74) is 2.55. The second kappa shape index (κ2) is 3.96. The lowest BCUT2D eigenvalue weighted by Gasteiger charge is -2.08. The van der Waals surface area contributed by atoms with Gasteiger partial charge in [-0.1, -0.05) is 0 Å². The van der Waals surface area contributed by atoms with Gasteiger partial charge in [-0.05, 0) is 20.1 Å². The third-order valence-corrected chi connectivity index (χ3v) is 2.72. The van der Waals surface area contributed by atoms with Crippen molar-refractivity contribution in [3.63, 3.8) is 0 Å². The van der Waals surface area contributed by atoms with Gasteiger partial charge in [0.1, 0.15) is 5.69 Å². The van der Waals surface area contributed by atoms with E-state index in [-0.39, 0.29) is 5.56 Å². The molecule has 0 aliphatic heterocycles. The summed E-state index contributed by atoms with van der Waals surface area (Å²) in [6, 6.07) is 0. The van der Waals surface area contributed by atoms with E-state index in [1.54, 1.807) is 23.4 Å². The fourth-order valence-corrected chi connectivity index (χ4v) is 1.61. The quantitative estimate of drug-likeness (QED) is 0.717. The van der Waals surface area contributed by atoms with Gasteiger partial charge in [0.2, 0.25) is 0 Å². The highest BCUT2D eigenvalue weighted by Gasteiger charge is 2.07. The molecular weight excluding hydrogens is 184 g/mol. The van der Waals surface area contributed by atoms with Crippen LogP contribution in [0.25, 0.3) is 0 Å². The molecule has 0 fully saturated rings. The highest BCUT2D eigenvalue weighted by Crippen LogP contribution is 2.05. The van der Waals surface area contributed by atoms with E-state index in [4.69, 9.17) is 0 Å². The maximum absolute atomic E-state index is 11.6. The maximum Gasteiger partial charge on any atom is 0.273 e. The second-order valence-electron chi connectivity index (χ2n) is 3.03. The lowest BCUT2D eigenvalue weighted by atomic mass is 10.3. The van der Waals surface area contributed by atoms with Crippen molar-refractivity contribution in [3.05, 3.63) is 27.4 Å². The molecule has 1 aromatic heterocycles. The Bertz CT molecular complexity index is 371. The van der Waals surface area contributed by atoms with Crippen molar-refractivity contribution < 1.29 is 0 Å². The molecule has 0 atom stereocenters. The summed E-state index contributed by atoms with van der Waals surface area (Å²) >= 11 is 1.62. The average Bonchev–Trinajstić information content (AvgIpc) is 2.11. The van der Waals surface area contributed by atoms with Gasteiger partial charge in [0.25, 0.3) is 5.56 Å². The van der Waals surface area contributed by atoms with Crippen molar-refractivity contribution in [2.24, 2.45) is 7.05 Å². The van der Waals surface area contributed by atoms with Crippen molar-refractivity contribution >= 4 is 11.8 Å². The van der Waals surface area contributed by atoms with Gasteiger partial charge < -0.3 is 4.57 Å². The topological polar surface area (TPSA) is 34.9 Å². The first kappa shape index (κ1) is 10.3. The van der Waals surface area contributed by atoms with E-state index in [0.29, 0.717) is 11.4 Å². The molecule has 0 radical (unpaired) electrons. The first-order chi connectivity index (χ1) is 6.07. The Labute approximate surface area is 82.2 Å². The predicted octanol–water partition coefficient (Wildman–Crippen LogP) is 1.26. The van der Waals surface area contributed by atoms with Crippen LogP contribution in [-0.2, 0) is 12.8 Å². The standard InChI is InChI=1S/C9H14N2OS/c1-6-7(2)11(3)9(12)8(10-6)5-13-4/h5H2,1-4H3. The van der Waals surface area contributed by atoms with Crippen LogP contribution in [0, 0.1) is 13.8 Å². The Kier molecular flexibility index (Phi) is 3.14. The lowest BCUT2D eigenvalue weighted by Crippen LogP contribution is -2.25. The third kappa shape index (κ3) is 1.94. The summed E-state index contributed by atoms with van der Waals surface area (Å²) in [6.45, 7) is 3.84. The molecule has 0 spiro atoms. The highest BCUT2D eigenvalue weighted by molar-refractivity contribution is 7.97. The van der Waals surface area contributed by atoms with Crippen LogP contribution >= 0.6 is 11.8 Å². The van der Waals surface area contributed by atoms with Crippen molar-refractivity contribution in [1.82, 2.24) is 9.55 Å². The average molecular weight is 198 g/mol. The molecule has 1 aromatic rings. The fourth-order valence-electron chi connectivity index (χ4n) is 1.15. The molecule has 1 heterocycles. The Morgan fingerprint density at radius 3 is 2.62 bits per heavy atom. The largest absolute Gasteiger partial charge is 0.313 e. The molecular formula is C9H14N2OS. The summed E-state index contributed by atoms with van der Waals surface area (Å²) in [5, 5.41) is 0. The van der Waals surface area contributed by atoms with Crippen molar-refractivity contribution in [2.75, 3.05) is 6.26 Å². The molecule has 0 aliphatic carbocycles. The van der Waals surface area contributed by atoms with Gasteiger partial charge in [-0.3, -0.25) is 4.79 Å². The molecule has 0 bridgehead atoms. The second-order valence-corrected chi connectivity index (χ2v) is 3.89. The van der Waals surface area contributed by atoms with Gasteiger partial charge in [0.05, 0.1) is 5.69 Å². The minimum Gasteiger partial charge on any atom is -0.313 e. The van der Waals surface area contributed by atoms with E-state index >= 15 is 0 Å². The Hall–Kier alpha value is -0.770. The van der Waals surface area contributed by atoms with E-state index in [1.165, 1.54) is 0 Å². The van der Waals surface area contributed by atoms with Crippen LogP contribution in [0.3, 0.4) is 0 Å². The van der Waals surface area contributed by atoms with Crippen LogP contribution in [0.4, 0.5) is 0 Å². The summed E-state index contributed by atoms with van der Waals surface area (Å²) < 4.78 is 1.66. The monoisotopic (exact) mass is 198 g/mol. The van der Waals surface area contributed by atoms with E-state index < -0.39 is 0 Å². The molecule has 72 valence electrons. The molecule has 13 heavy (non-hydrogen) atoms. The van der Waals surface area contributed by atoms with E-state index in [9.17, 15) is 4.79 Å². The number of aromatic nitrogens is 2. The Balaban J connectivity index is 3.33. The van der Waals surface area contributed by atoms with Crippen LogP contribution in [0.1, 0.15) is 17.1 Å². The summed E-state index contributed by atoms with van der Waals surface area (Å²) in [5.74, 6) is 0.688. The molecule has 0 unspecified atom stereocenters. The van der Waals surface area contributed by atoms with E-state index in [1.807, 2.05) is 20.1 Å². The van der Waals surface area contributed by atoms with Crippen molar-refractivity contribution in [3.8, 4) is 0 Å². The molecule has 4 heteroatoms. The van der Waals surface area contributed by atoms with Crippen molar-refractivity contribution in [1.29, 1.82) is 0 Å². The number of thioether (sulfide) groups is 1. The fraction of sp³-hybridized carbons (Fsp3) is 0.556. The number of rotatable bonds is 2. The Morgan fingerprint density at radius 1 is 1.46 bits per heavy atom. The normalized spacial score (nSPS) is 10.5. The predicted molar refractivity (Wildman–Crippen MR) is 56.2 cm³/mol. The zero-order chi connectivity index (χ0) is 10.0. The van der Waals surface area contributed by atoms with Crippen LogP contribution in [-0.4, -0.2) is 15.8 Å². The van der Waals surface area contributed by atoms with Gasteiger partial charge in [-0.25, -0.2) is 4.98 Å². The first-order valence-corrected chi connectivity index (χ1v) is 5.49. The van der Waals surface area contributed by atoms with Gasteiger partial charge in [0.15, 0.2) is 0 Å². The van der Waals surface area contributed by atoms with Gasteiger partial charge in [0, 0.05) is 18.5 Å².